The van der Waals surface area contributed by atoms with Crippen molar-refractivity contribution < 1.29 is 24.1 Å². The van der Waals surface area contributed by atoms with Crippen molar-refractivity contribution in [3.63, 3.8) is 0 Å². The summed E-state index contributed by atoms with van der Waals surface area (Å²) < 4.78 is 17.2. The SMILES string of the molecule is Cc1ncc(-c2ccc3c(c2)OCO3)c(N2CCC(C)(C)CC2)c1C(OC(C)(C)C)C(=O)O. The molecule has 178 valence electrons. The van der Waals surface area contributed by atoms with Crippen molar-refractivity contribution in [3.05, 3.63) is 35.7 Å². The number of anilines is 1. The van der Waals surface area contributed by atoms with Crippen LogP contribution in [0, 0.1) is 12.3 Å². The molecule has 1 atom stereocenters. The predicted octanol–water partition coefficient (Wildman–Crippen LogP) is 5.35. The molecular formula is C26H34N2O5. The molecule has 1 fully saturated rings. The molecule has 0 amide bonds. The molecule has 7 nitrogen and oxygen atoms in total. The fourth-order valence-electron chi connectivity index (χ4n) is 4.46. The number of ether oxygens (including phenoxy) is 3. The second kappa shape index (κ2) is 8.52. The maximum absolute atomic E-state index is 12.5. The highest BCUT2D eigenvalue weighted by Gasteiger charge is 2.36. The Labute approximate surface area is 195 Å². The van der Waals surface area contributed by atoms with Crippen LogP contribution in [0.3, 0.4) is 0 Å². The van der Waals surface area contributed by atoms with E-state index in [4.69, 9.17) is 14.2 Å². The van der Waals surface area contributed by atoms with Crippen molar-refractivity contribution in [2.45, 2.75) is 66.1 Å². The topological polar surface area (TPSA) is 81.1 Å². The Bertz CT molecular complexity index is 1050. The summed E-state index contributed by atoms with van der Waals surface area (Å²) in [5.74, 6) is 0.372. The molecule has 2 aliphatic rings. The Morgan fingerprint density at radius 2 is 1.85 bits per heavy atom. The Balaban J connectivity index is 1.90. The van der Waals surface area contributed by atoms with Gasteiger partial charge in [-0.15, -0.1) is 0 Å². The Morgan fingerprint density at radius 3 is 2.48 bits per heavy atom. The van der Waals surface area contributed by atoms with Crippen molar-refractivity contribution in [2.24, 2.45) is 5.41 Å². The van der Waals surface area contributed by atoms with E-state index in [2.05, 4.69) is 23.7 Å². The van der Waals surface area contributed by atoms with Crippen LogP contribution in [-0.4, -0.2) is 41.5 Å². The number of carboxylic acids is 1. The number of aliphatic carboxylic acids is 1. The highest BCUT2D eigenvalue weighted by Crippen LogP contribution is 2.45. The lowest BCUT2D eigenvalue weighted by molar-refractivity contribution is -0.160. The second-order valence-corrected chi connectivity index (χ2v) is 10.7. The maximum atomic E-state index is 12.5. The first kappa shape index (κ1) is 23.4. The molecule has 1 unspecified atom stereocenters. The number of piperidine rings is 1. The van der Waals surface area contributed by atoms with Crippen molar-refractivity contribution in [2.75, 3.05) is 24.8 Å². The van der Waals surface area contributed by atoms with E-state index in [1.165, 1.54) is 0 Å². The van der Waals surface area contributed by atoms with E-state index in [9.17, 15) is 9.90 Å². The third kappa shape index (κ3) is 4.93. The average Bonchev–Trinajstić information content (AvgIpc) is 3.19. The standard InChI is InChI=1S/C26H34N2O5/c1-16-21(23(24(29)30)33-25(2,3)4)22(28-11-9-26(5,6)10-12-28)18(14-27-16)17-7-8-19-20(13-17)32-15-31-19/h7-8,13-14,23H,9-12,15H2,1-6H3,(H,29,30). The molecule has 3 heterocycles. The fourth-order valence-corrected chi connectivity index (χ4v) is 4.46. The first-order valence-electron chi connectivity index (χ1n) is 11.5. The van der Waals surface area contributed by atoms with E-state index in [0.29, 0.717) is 22.8 Å². The summed E-state index contributed by atoms with van der Waals surface area (Å²) in [4.78, 5) is 19.4. The highest BCUT2D eigenvalue weighted by atomic mass is 16.7. The van der Waals surface area contributed by atoms with Crippen LogP contribution in [0.15, 0.2) is 24.4 Å². The normalized spacial score (nSPS) is 18.3. The minimum Gasteiger partial charge on any atom is -0.479 e. The third-order valence-electron chi connectivity index (χ3n) is 6.36. The number of hydrogen-bond acceptors (Lipinski definition) is 6. The zero-order chi connectivity index (χ0) is 24.0. The molecule has 2 aromatic rings. The molecule has 1 aromatic carbocycles. The molecule has 1 aromatic heterocycles. The van der Waals surface area contributed by atoms with Gasteiger partial charge in [0, 0.05) is 36.1 Å². The molecule has 2 aliphatic heterocycles. The Morgan fingerprint density at radius 1 is 1.18 bits per heavy atom. The molecule has 4 rings (SSSR count). The third-order valence-corrected chi connectivity index (χ3v) is 6.36. The van der Waals surface area contributed by atoms with Gasteiger partial charge in [-0.1, -0.05) is 19.9 Å². The van der Waals surface area contributed by atoms with Crippen LogP contribution >= 0.6 is 0 Å². The van der Waals surface area contributed by atoms with Crippen LogP contribution in [-0.2, 0) is 9.53 Å². The summed E-state index contributed by atoms with van der Waals surface area (Å²) >= 11 is 0. The minimum atomic E-state index is -1.13. The molecule has 0 aliphatic carbocycles. The Hall–Kier alpha value is -2.80. The number of carbonyl (C=O) groups is 1. The smallest absolute Gasteiger partial charge is 0.337 e. The molecule has 0 spiro atoms. The zero-order valence-electron chi connectivity index (χ0n) is 20.4. The second-order valence-electron chi connectivity index (χ2n) is 10.7. The summed E-state index contributed by atoms with van der Waals surface area (Å²) in [6, 6.07) is 5.80. The van der Waals surface area contributed by atoms with Crippen molar-refractivity contribution in [1.82, 2.24) is 4.98 Å². The molecule has 1 saturated heterocycles. The van der Waals surface area contributed by atoms with Gasteiger partial charge in [-0.05, 0) is 63.6 Å². The summed E-state index contributed by atoms with van der Waals surface area (Å²) in [6.45, 7) is 13.9. The lowest BCUT2D eigenvalue weighted by Crippen LogP contribution is -2.39. The number of carboxylic acid groups (broad SMARTS) is 1. The van der Waals surface area contributed by atoms with Crippen LogP contribution in [0.4, 0.5) is 5.69 Å². The predicted molar refractivity (Wildman–Crippen MR) is 127 cm³/mol. The van der Waals surface area contributed by atoms with E-state index < -0.39 is 17.7 Å². The van der Waals surface area contributed by atoms with Gasteiger partial charge in [0.05, 0.1) is 11.3 Å². The first-order chi connectivity index (χ1) is 15.5. The number of benzene rings is 1. The Kier molecular flexibility index (Phi) is 6.03. The number of hydrogen-bond donors (Lipinski definition) is 1. The van der Waals surface area contributed by atoms with Crippen LogP contribution in [0.1, 0.15) is 64.8 Å². The van der Waals surface area contributed by atoms with Crippen LogP contribution < -0.4 is 14.4 Å². The van der Waals surface area contributed by atoms with Crippen LogP contribution in [0.25, 0.3) is 11.1 Å². The summed E-state index contributed by atoms with van der Waals surface area (Å²) in [7, 11) is 0. The lowest BCUT2D eigenvalue weighted by atomic mass is 9.82. The molecule has 0 saturated carbocycles. The summed E-state index contributed by atoms with van der Waals surface area (Å²) in [6.07, 6.45) is 2.75. The van der Waals surface area contributed by atoms with Crippen LogP contribution in [0.5, 0.6) is 11.5 Å². The molecule has 0 radical (unpaired) electrons. The number of aryl methyl sites for hydroxylation is 1. The maximum Gasteiger partial charge on any atom is 0.337 e. The van der Waals surface area contributed by atoms with Gasteiger partial charge in [0.25, 0.3) is 0 Å². The number of fused-ring (bicyclic) bond motifs is 1. The lowest BCUT2D eigenvalue weighted by Gasteiger charge is -2.41. The largest absolute Gasteiger partial charge is 0.479 e. The van der Waals surface area contributed by atoms with Gasteiger partial charge in [0.15, 0.2) is 17.6 Å². The van der Waals surface area contributed by atoms with Crippen molar-refractivity contribution >= 4 is 11.7 Å². The van der Waals surface area contributed by atoms with E-state index in [0.717, 1.165) is 42.7 Å². The molecular weight excluding hydrogens is 420 g/mol. The van der Waals surface area contributed by atoms with E-state index in [1.807, 2.05) is 52.1 Å². The molecule has 0 bridgehead atoms. The fraction of sp³-hybridized carbons (Fsp3) is 0.538. The van der Waals surface area contributed by atoms with Gasteiger partial charge < -0.3 is 24.2 Å². The number of aromatic nitrogens is 1. The van der Waals surface area contributed by atoms with E-state index >= 15 is 0 Å². The van der Waals surface area contributed by atoms with Gasteiger partial charge in [-0.3, -0.25) is 4.98 Å². The number of rotatable bonds is 5. The highest BCUT2D eigenvalue weighted by molar-refractivity contribution is 5.87. The zero-order valence-corrected chi connectivity index (χ0v) is 20.4. The van der Waals surface area contributed by atoms with E-state index in [-0.39, 0.29) is 12.2 Å². The van der Waals surface area contributed by atoms with Gasteiger partial charge >= 0.3 is 5.97 Å². The summed E-state index contributed by atoms with van der Waals surface area (Å²) in [5.41, 5.74) is 3.57. The number of nitrogens with zero attached hydrogens (tertiary/aromatic N) is 2. The summed E-state index contributed by atoms with van der Waals surface area (Å²) in [5, 5.41) is 10.2. The molecule has 1 N–H and O–H groups in total. The van der Waals surface area contributed by atoms with Gasteiger partial charge in [0.1, 0.15) is 0 Å². The molecule has 33 heavy (non-hydrogen) atoms. The van der Waals surface area contributed by atoms with Gasteiger partial charge in [0.2, 0.25) is 6.79 Å². The minimum absolute atomic E-state index is 0.199. The van der Waals surface area contributed by atoms with Crippen LogP contribution in [0.2, 0.25) is 0 Å². The van der Waals surface area contributed by atoms with Crippen molar-refractivity contribution in [1.29, 1.82) is 0 Å². The number of pyridine rings is 1. The van der Waals surface area contributed by atoms with Crippen molar-refractivity contribution in [3.8, 4) is 22.6 Å². The quantitative estimate of drug-likeness (QED) is 0.652. The molecule has 7 heteroatoms. The monoisotopic (exact) mass is 454 g/mol. The van der Waals surface area contributed by atoms with Gasteiger partial charge in [-0.25, -0.2) is 4.79 Å². The van der Waals surface area contributed by atoms with Gasteiger partial charge in [-0.2, -0.15) is 0 Å². The average molecular weight is 455 g/mol. The first-order valence-corrected chi connectivity index (χ1v) is 11.5. The van der Waals surface area contributed by atoms with E-state index in [1.54, 1.807) is 0 Å².